The van der Waals surface area contributed by atoms with Gasteiger partial charge in [-0.1, -0.05) is 27.7 Å². The Morgan fingerprint density at radius 3 is 2.17 bits per heavy atom. The Labute approximate surface area is 183 Å². The summed E-state index contributed by atoms with van der Waals surface area (Å²) in [5.41, 5.74) is 0.150. The first-order chi connectivity index (χ1) is 13.9. The van der Waals surface area contributed by atoms with Gasteiger partial charge in [0.25, 0.3) is 0 Å². The SMILES string of the molecule is CC.COC(=O)/C(=C\c1ccc(OCC(C)(C)CC(C)(C)OP)cc1OC)C(C)=O. The maximum atomic E-state index is 11.8. The maximum Gasteiger partial charge on any atom is 0.341 e. The normalized spacial score (nSPS) is 11.9. The minimum atomic E-state index is -0.685. The van der Waals surface area contributed by atoms with E-state index >= 15 is 0 Å². The molecule has 1 rings (SSSR count). The van der Waals surface area contributed by atoms with Crippen molar-refractivity contribution in [2.24, 2.45) is 5.41 Å². The molecule has 1 unspecified atom stereocenters. The van der Waals surface area contributed by atoms with Crippen molar-refractivity contribution in [3.63, 3.8) is 0 Å². The third-order valence-electron chi connectivity index (χ3n) is 4.14. The third kappa shape index (κ3) is 9.27. The van der Waals surface area contributed by atoms with Gasteiger partial charge in [-0.05, 0) is 45.4 Å². The van der Waals surface area contributed by atoms with Gasteiger partial charge in [-0.2, -0.15) is 0 Å². The van der Waals surface area contributed by atoms with Gasteiger partial charge in [-0.3, -0.25) is 4.79 Å². The minimum Gasteiger partial charge on any atom is -0.496 e. The van der Waals surface area contributed by atoms with Gasteiger partial charge >= 0.3 is 5.97 Å². The van der Waals surface area contributed by atoms with E-state index < -0.39 is 5.97 Å². The third-order valence-corrected chi connectivity index (χ3v) is 4.78. The second kappa shape index (κ2) is 12.7. The molecule has 1 atom stereocenters. The van der Waals surface area contributed by atoms with E-state index in [4.69, 9.17) is 14.0 Å². The molecule has 0 aliphatic heterocycles. The molecule has 6 nitrogen and oxygen atoms in total. The lowest BCUT2D eigenvalue weighted by Crippen LogP contribution is -2.33. The van der Waals surface area contributed by atoms with E-state index in [1.807, 2.05) is 27.7 Å². The Hall–Kier alpha value is -1.91. The molecule has 0 bridgehead atoms. The lowest BCUT2D eigenvalue weighted by Gasteiger charge is -2.33. The zero-order valence-corrected chi connectivity index (χ0v) is 20.9. The standard InChI is InChI=1S/C21H31O6P.C2H6/c1-14(22)17(19(23)25-7)10-15-8-9-16(11-18(15)24-6)26-13-20(2,3)12-21(4,5)27-28;1-2/h8-11H,12-13,28H2,1-7H3;1-2H3/b17-10-;. The zero-order chi connectivity index (χ0) is 23.5. The van der Waals surface area contributed by atoms with Crippen LogP contribution in [0.15, 0.2) is 23.8 Å². The lowest BCUT2D eigenvalue weighted by molar-refractivity contribution is -0.137. The molecule has 0 aliphatic rings. The molecule has 0 N–H and O–H groups in total. The van der Waals surface area contributed by atoms with Crippen LogP contribution in [0.3, 0.4) is 0 Å². The summed E-state index contributed by atoms with van der Waals surface area (Å²) in [6, 6.07) is 5.24. The number of rotatable bonds is 10. The number of ether oxygens (including phenoxy) is 3. The molecule has 0 amide bonds. The highest BCUT2D eigenvalue weighted by Gasteiger charge is 2.29. The Bertz CT molecular complexity index is 737. The summed E-state index contributed by atoms with van der Waals surface area (Å²) >= 11 is 0. The van der Waals surface area contributed by atoms with E-state index in [9.17, 15) is 9.59 Å². The number of esters is 1. The van der Waals surface area contributed by atoms with Crippen LogP contribution in [-0.4, -0.2) is 38.2 Å². The van der Waals surface area contributed by atoms with E-state index in [0.29, 0.717) is 23.7 Å². The van der Waals surface area contributed by atoms with Crippen molar-refractivity contribution in [1.29, 1.82) is 0 Å². The second-order valence-corrected chi connectivity index (χ2v) is 8.25. The van der Waals surface area contributed by atoms with Crippen LogP contribution in [0.4, 0.5) is 0 Å². The molecule has 0 saturated heterocycles. The van der Waals surface area contributed by atoms with Crippen molar-refractivity contribution in [3.05, 3.63) is 29.3 Å². The van der Waals surface area contributed by atoms with Crippen LogP contribution < -0.4 is 9.47 Å². The monoisotopic (exact) mass is 440 g/mol. The molecule has 0 spiro atoms. The van der Waals surface area contributed by atoms with Crippen LogP contribution >= 0.6 is 9.47 Å². The number of hydrogen-bond acceptors (Lipinski definition) is 6. The summed E-state index contributed by atoms with van der Waals surface area (Å²) in [4.78, 5) is 23.5. The van der Waals surface area contributed by atoms with Crippen LogP contribution in [0, 0.1) is 5.41 Å². The molecule has 0 radical (unpaired) electrons. The molecule has 0 saturated carbocycles. The van der Waals surface area contributed by atoms with Crippen LogP contribution in [0.1, 0.15) is 60.5 Å². The van der Waals surface area contributed by atoms with Crippen molar-refractivity contribution >= 4 is 27.3 Å². The smallest absolute Gasteiger partial charge is 0.341 e. The first kappa shape index (κ1) is 28.1. The fourth-order valence-corrected chi connectivity index (χ4v) is 3.08. The predicted molar refractivity (Wildman–Crippen MR) is 124 cm³/mol. The molecule has 7 heteroatoms. The van der Waals surface area contributed by atoms with Gasteiger partial charge in [0, 0.05) is 26.5 Å². The summed E-state index contributed by atoms with van der Waals surface area (Å²) in [6.45, 7) is 14.1. The van der Waals surface area contributed by atoms with Gasteiger partial charge in [-0.15, -0.1) is 0 Å². The van der Waals surface area contributed by atoms with E-state index in [-0.39, 0.29) is 22.4 Å². The summed E-state index contributed by atoms with van der Waals surface area (Å²) in [6.07, 6.45) is 2.27. The molecule has 0 heterocycles. The van der Waals surface area contributed by atoms with Gasteiger partial charge in [0.1, 0.15) is 17.1 Å². The van der Waals surface area contributed by atoms with E-state index in [1.54, 1.807) is 18.2 Å². The number of methoxy groups -OCH3 is 2. The predicted octanol–water partition coefficient (Wildman–Crippen LogP) is 5.25. The summed E-state index contributed by atoms with van der Waals surface area (Å²) < 4.78 is 21.5. The summed E-state index contributed by atoms with van der Waals surface area (Å²) in [5.74, 6) is 0.0612. The highest BCUT2D eigenvalue weighted by molar-refractivity contribution is 7.09. The Morgan fingerprint density at radius 1 is 1.10 bits per heavy atom. The van der Waals surface area contributed by atoms with Crippen molar-refractivity contribution in [2.45, 2.75) is 60.5 Å². The molecule has 1 aromatic rings. The van der Waals surface area contributed by atoms with Crippen LogP contribution in [0.25, 0.3) is 6.08 Å². The van der Waals surface area contributed by atoms with Gasteiger partial charge in [-0.25, -0.2) is 4.79 Å². The number of benzene rings is 1. The van der Waals surface area contributed by atoms with Crippen molar-refractivity contribution < 1.29 is 28.3 Å². The summed E-state index contributed by atoms with van der Waals surface area (Å²) in [5, 5.41) is 0. The summed E-state index contributed by atoms with van der Waals surface area (Å²) in [7, 11) is 5.07. The van der Waals surface area contributed by atoms with Crippen LogP contribution in [-0.2, 0) is 18.8 Å². The highest BCUT2D eigenvalue weighted by atomic mass is 31.0. The van der Waals surface area contributed by atoms with E-state index in [1.165, 1.54) is 27.2 Å². The van der Waals surface area contributed by atoms with Crippen molar-refractivity contribution in [2.75, 3.05) is 20.8 Å². The largest absolute Gasteiger partial charge is 0.496 e. The number of ketones is 1. The molecule has 0 aromatic heterocycles. The Morgan fingerprint density at radius 2 is 1.70 bits per heavy atom. The molecule has 0 aliphatic carbocycles. The molecule has 30 heavy (non-hydrogen) atoms. The minimum absolute atomic E-state index is 0.0460. The van der Waals surface area contributed by atoms with E-state index in [0.717, 1.165) is 6.42 Å². The molecular formula is C23H37O6P. The van der Waals surface area contributed by atoms with Crippen LogP contribution in [0.2, 0.25) is 0 Å². The van der Waals surface area contributed by atoms with E-state index in [2.05, 4.69) is 28.1 Å². The topological polar surface area (TPSA) is 71.1 Å². The van der Waals surface area contributed by atoms with Gasteiger partial charge in [0.05, 0.1) is 26.4 Å². The van der Waals surface area contributed by atoms with Crippen molar-refractivity contribution in [3.8, 4) is 11.5 Å². The number of carbonyl (C=O) groups excluding carboxylic acids is 2. The van der Waals surface area contributed by atoms with Gasteiger partial charge < -0.3 is 18.7 Å². The second-order valence-electron chi connectivity index (χ2n) is 8.02. The Balaban J connectivity index is 0.00000407. The quantitative estimate of drug-likeness (QED) is 0.163. The van der Waals surface area contributed by atoms with Gasteiger partial charge in [0.2, 0.25) is 0 Å². The first-order valence-corrected chi connectivity index (χ1v) is 10.4. The van der Waals surface area contributed by atoms with Crippen molar-refractivity contribution in [1.82, 2.24) is 0 Å². The number of Topliss-reactive ketones (excluding diaryl/α,β-unsaturated/α-hetero) is 1. The molecule has 1 aromatic carbocycles. The fourth-order valence-electron chi connectivity index (χ4n) is 2.99. The zero-order valence-electron chi connectivity index (χ0n) is 19.8. The lowest BCUT2D eigenvalue weighted by atomic mass is 9.82. The molecule has 0 fully saturated rings. The molecular weight excluding hydrogens is 403 g/mol. The number of carbonyl (C=O) groups is 2. The van der Waals surface area contributed by atoms with Gasteiger partial charge in [0.15, 0.2) is 5.78 Å². The molecule has 170 valence electrons. The average molecular weight is 441 g/mol. The maximum absolute atomic E-state index is 11.8. The highest BCUT2D eigenvalue weighted by Crippen LogP contribution is 2.33. The average Bonchev–Trinajstić information content (AvgIpc) is 2.70. The number of hydrogen-bond donors (Lipinski definition) is 0. The fraction of sp³-hybridized carbons (Fsp3) is 0.565. The first-order valence-electron chi connectivity index (χ1n) is 9.94. The van der Waals surface area contributed by atoms with Crippen LogP contribution in [0.5, 0.6) is 11.5 Å². The Kier molecular flexibility index (Phi) is 11.9.